The monoisotopic (exact) mass is 297 g/mol. The zero-order chi connectivity index (χ0) is 16.2. The fourth-order valence-electron chi connectivity index (χ4n) is 1.63. The van der Waals surface area contributed by atoms with Crippen LogP contribution in [0, 0.1) is 0 Å². The minimum atomic E-state index is -0.753. The molecule has 7 heteroatoms. The predicted octanol–water partition coefficient (Wildman–Crippen LogP) is 2.57. The minimum Gasteiger partial charge on any atom is -0.504 e. The number of anilines is 1. The van der Waals surface area contributed by atoms with Gasteiger partial charge in [-0.3, -0.25) is 10.1 Å². The Labute approximate surface area is 122 Å². The summed E-state index contributed by atoms with van der Waals surface area (Å²) in [5.41, 5.74) is -0.753. The number of ether oxygens (including phenoxy) is 3. The van der Waals surface area contributed by atoms with Crippen molar-refractivity contribution in [2.45, 2.75) is 26.4 Å². The van der Waals surface area contributed by atoms with Gasteiger partial charge in [0.2, 0.25) is 5.75 Å². The van der Waals surface area contributed by atoms with Gasteiger partial charge in [-0.05, 0) is 20.8 Å². The molecule has 0 fully saturated rings. The van der Waals surface area contributed by atoms with Crippen LogP contribution in [0.3, 0.4) is 0 Å². The number of carbonyl (C=O) groups is 2. The number of nitrogens with one attached hydrogen (secondary N) is 1. The standard InChI is InChI=1S/C14H19NO6/c1-14(2,3)21-13(18)15-9-6-10(19-4)12(20-5)11(17)8(9)7-16/h6-7,17H,1-5H3,(H,15,18). The van der Waals surface area contributed by atoms with Gasteiger partial charge >= 0.3 is 6.09 Å². The summed E-state index contributed by atoms with van der Waals surface area (Å²) in [6, 6.07) is 1.37. The van der Waals surface area contributed by atoms with Gasteiger partial charge in [0.05, 0.1) is 25.5 Å². The molecule has 0 aliphatic carbocycles. The first-order valence-electron chi connectivity index (χ1n) is 6.16. The SMILES string of the molecule is COc1cc(NC(=O)OC(C)(C)C)c(C=O)c(O)c1OC. The van der Waals surface area contributed by atoms with Crippen LogP contribution in [0.15, 0.2) is 6.07 Å². The number of phenolic OH excluding ortho intramolecular Hbond substituents is 1. The van der Waals surface area contributed by atoms with E-state index in [1.165, 1.54) is 20.3 Å². The van der Waals surface area contributed by atoms with Gasteiger partial charge in [-0.15, -0.1) is 0 Å². The summed E-state index contributed by atoms with van der Waals surface area (Å²) >= 11 is 0. The zero-order valence-electron chi connectivity index (χ0n) is 12.6. The fourth-order valence-corrected chi connectivity index (χ4v) is 1.63. The van der Waals surface area contributed by atoms with Crippen LogP contribution in [-0.4, -0.2) is 37.3 Å². The molecule has 0 bridgehead atoms. The van der Waals surface area contributed by atoms with Crippen molar-refractivity contribution in [3.05, 3.63) is 11.6 Å². The van der Waals surface area contributed by atoms with Crippen LogP contribution in [0.4, 0.5) is 10.5 Å². The number of hydrogen-bond acceptors (Lipinski definition) is 6. The molecule has 1 aromatic carbocycles. The van der Waals surface area contributed by atoms with Crippen LogP contribution in [0.5, 0.6) is 17.2 Å². The van der Waals surface area contributed by atoms with Crippen LogP contribution < -0.4 is 14.8 Å². The molecule has 116 valence electrons. The van der Waals surface area contributed by atoms with Gasteiger partial charge in [0.15, 0.2) is 17.8 Å². The van der Waals surface area contributed by atoms with Gasteiger partial charge in [-0.2, -0.15) is 0 Å². The predicted molar refractivity (Wildman–Crippen MR) is 76.5 cm³/mol. The summed E-state index contributed by atoms with van der Waals surface area (Å²) in [5, 5.41) is 12.4. The number of methoxy groups -OCH3 is 2. The average Bonchev–Trinajstić information content (AvgIpc) is 2.36. The quantitative estimate of drug-likeness (QED) is 0.829. The van der Waals surface area contributed by atoms with Crippen molar-refractivity contribution < 1.29 is 28.9 Å². The van der Waals surface area contributed by atoms with Crippen molar-refractivity contribution in [3.8, 4) is 17.2 Å². The second kappa shape index (κ2) is 6.34. The highest BCUT2D eigenvalue weighted by Gasteiger charge is 2.22. The molecule has 2 N–H and O–H groups in total. The van der Waals surface area contributed by atoms with Crippen LogP contribution in [0.25, 0.3) is 0 Å². The molecule has 1 rings (SSSR count). The molecular formula is C14H19NO6. The van der Waals surface area contributed by atoms with Crippen LogP contribution in [0.2, 0.25) is 0 Å². The lowest BCUT2D eigenvalue weighted by Gasteiger charge is -2.21. The Morgan fingerprint density at radius 3 is 2.33 bits per heavy atom. The number of benzene rings is 1. The Hall–Kier alpha value is -2.44. The smallest absolute Gasteiger partial charge is 0.412 e. The second-order valence-corrected chi connectivity index (χ2v) is 5.17. The molecule has 0 aromatic heterocycles. The van der Waals surface area contributed by atoms with Crippen molar-refractivity contribution in [1.82, 2.24) is 0 Å². The Kier molecular flexibility index (Phi) is 5.02. The number of phenols is 1. The lowest BCUT2D eigenvalue weighted by molar-refractivity contribution is 0.0636. The Morgan fingerprint density at radius 1 is 1.29 bits per heavy atom. The summed E-state index contributed by atoms with van der Waals surface area (Å²) in [5.74, 6) is -0.237. The second-order valence-electron chi connectivity index (χ2n) is 5.17. The average molecular weight is 297 g/mol. The van der Waals surface area contributed by atoms with Crippen LogP contribution in [-0.2, 0) is 4.74 Å². The molecule has 0 radical (unpaired) electrons. The molecule has 0 aliphatic heterocycles. The lowest BCUT2D eigenvalue weighted by atomic mass is 10.1. The molecule has 0 saturated carbocycles. The minimum absolute atomic E-state index is 0.00865. The van der Waals surface area contributed by atoms with Gasteiger partial charge in [0, 0.05) is 6.07 Å². The number of aromatic hydroxyl groups is 1. The number of amides is 1. The molecule has 1 amide bonds. The van der Waals surface area contributed by atoms with Gasteiger partial charge in [-0.1, -0.05) is 0 Å². The third-order valence-electron chi connectivity index (χ3n) is 2.44. The maximum Gasteiger partial charge on any atom is 0.412 e. The molecule has 21 heavy (non-hydrogen) atoms. The normalized spacial score (nSPS) is 10.7. The highest BCUT2D eigenvalue weighted by molar-refractivity contribution is 5.97. The molecule has 1 aromatic rings. The van der Waals surface area contributed by atoms with E-state index in [0.29, 0.717) is 6.29 Å². The highest BCUT2D eigenvalue weighted by Crippen LogP contribution is 2.42. The molecule has 0 saturated heterocycles. The molecule has 0 aliphatic rings. The maximum absolute atomic E-state index is 11.8. The van der Waals surface area contributed by atoms with E-state index in [0.717, 1.165) is 0 Å². The van der Waals surface area contributed by atoms with Gasteiger partial charge in [0.25, 0.3) is 0 Å². The summed E-state index contributed by atoms with van der Waals surface area (Å²) in [4.78, 5) is 22.9. The first-order valence-corrected chi connectivity index (χ1v) is 6.16. The zero-order valence-corrected chi connectivity index (χ0v) is 12.6. The molecule has 0 heterocycles. The topological polar surface area (TPSA) is 94.1 Å². The summed E-state index contributed by atoms with van der Waals surface area (Å²) < 4.78 is 15.1. The van der Waals surface area contributed by atoms with Gasteiger partial charge < -0.3 is 19.3 Å². The molecule has 7 nitrogen and oxygen atoms in total. The van der Waals surface area contributed by atoms with Crippen molar-refractivity contribution in [1.29, 1.82) is 0 Å². The number of hydrogen-bond donors (Lipinski definition) is 2. The van der Waals surface area contributed by atoms with Crippen molar-refractivity contribution >= 4 is 18.1 Å². The third-order valence-corrected chi connectivity index (χ3v) is 2.44. The number of carbonyl (C=O) groups excluding carboxylic acids is 2. The van der Waals surface area contributed by atoms with Gasteiger partial charge in [0.1, 0.15) is 5.60 Å². The Morgan fingerprint density at radius 2 is 1.90 bits per heavy atom. The third kappa shape index (κ3) is 4.01. The Bertz CT molecular complexity index is 547. The van der Waals surface area contributed by atoms with Crippen molar-refractivity contribution in [2.24, 2.45) is 0 Å². The summed E-state index contributed by atoms with van der Waals surface area (Å²) in [6.45, 7) is 5.12. The Balaban J connectivity index is 3.20. The van der Waals surface area contributed by atoms with E-state index in [9.17, 15) is 14.7 Å². The summed E-state index contributed by atoms with van der Waals surface area (Å²) in [7, 11) is 2.70. The van der Waals surface area contributed by atoms with Gasteiger partial charge in [-0.25, -0.2) is 4.79 Å². The van der Waals surface area contributed by atoms with E-state index in [4.69, 9.17) is 14.2 Å². The fraction of sp³-hybridized carbons (Fsp3) is 0.429. The molecule has 0 unspecified atom stereocenters. The van der Waals surface area contributed by atoms with E-state index in [-0.39, 0.29) is 22.7 Å². The first-order chi connectivity index (χ1) is 9.73. The molecule has 0 spiro atoms. The lowest BCUT2D eigenvalue weighted by Crippen LogP contribution is -2.27. The van der Waals surface area contributed by atoms with E-state index >= 15 is 0 Å². The highest BCUT2D eigenvalue weighted by atomic mass is 16.6. The van der Waals surface area contributed by atoms with Crippen LogP contribution in [0.1, 0.15) is 31.1 Å². The maximum atomic E-state index is 11.8. The summed E-state index contributed by atoms with van der Waals surface area (Å²) in [6.07, 6.45) is -0.346. The largest absolute Gasteiger partial charge is 0.504 e. The van der Waals surface area contributed by atoms with Crippen molar-refractivity contribution in [3.63, 3.8) is 0 Å². The van der Waals surface area contributed by atoms with E-state index in [1.807, 2.05) is 0 Å². The van der Waals surface area contributed by atoms with Crippen LogP contribution >= 0.6 is 0 Å². The van der Waals surface area contributed by atoms with E-state index in [1.54, 1.807) is 20.8 Å². The van der Waals surface area contributed by atoms with E-state index in [2.05, 4.69) is 5.32 Å². The first kappa shape index (κ1) is 16.6. The molecular weight excluding hydrogens is 278 g/mol. The number of rotatable bonds is 4. The molecule has 0 atom stereocenters. The van der Waals surface area contributed by atoms with E-state index < -0.39 is 17.4 Å². The van der Waals surface area contributed by atoms with Crippen molar-refractivity contribution in [2.75, 3.05) is 19.5 Å². The number of aldehydes is 1.